The van der Waals surface area contributed by atoms with Crippen molar-refractivity contribution in [3.05, 3.63) is 33.8 Å². The van der Waals surface area contributed by atoms with Crippen LogP contribution < -0.4 is 0 Å². The molecule has 1 aromatic carbocycles. The summed E-state index contributed by atoms with van der Waals surface area (Å²) in [6, 6.07) is 5.87. The van der Waals surface area contributed by atoms with Crippen LogP contribution in [0.15, 0.2) is 27.7 Å². The smallest absolute Gasteiger partial charge is 0.211 e. The molecule has 12 heavy (non-hydrogen) atoms. The molecule has 2 nitrogen and oxygen atoms in total. The largest absolute Gasteiger partial charge is 0.235 e. The number of benzene rings is 1. The standard InChI is InChI=1S/C9H8BrNO/c1-7-4-8(5-11-6-12)2-3-9(7)10/h2-4H,5H2,1H3. The van der Waals surface area contributed by atoms with Crippen LogP contribution >= 0.6 is 15.9 Å². The SMILES string of the molecule is Cc1cc(CN=C=O)ccc1Br. The van der Waals surface area contributed by atoms with E-state index < -0.39 is 0 Å². The fourth-order valence-corrected chi connectivity index (χ4v) is 1.18. The molecule has 0 fully saturated rings. The summed E-state index contributed by atoms with van der Waals surface area (Å²) >= 11 is 3.39. The molecule has 0 spiro atoms. The zero-order valence-electron chi connectivity index (χ0n) is 6.67. The first-order valence-electron chi connectivity index (χ1n) is 3.52. The summed E-state index contributed by atoms with van der Waals surface area (Å²) < 4.78 is 1.07. The van der Waals surface area contributed by atoms with Gasteiger partial charge in [-0.05, 0) is 24.1 Å². The van der Waals surface area contributed by atoms with Crippen molar-refractivity contribution < 1.29 is 4.79 Å². The van der Waals surface area contributed by atoms with E-state index in [0.717, 1.165) is 15.6 Å². The molecule has 0 N–H and O–H groups in total. The average molecular weight is 226 g/mol. The fourth-order valence-electron chi connectivity index (χ4n) is 0.929. The Balaban J connectivity index is 2.89. The van der Waals surface area contributed by atoms with Crippen LogP contribution in [0.4, 0.5) is 0 Å². The summed E-state index contributed by atoms with van der Waals surface area (Å²) in [5, 5.41) is 0. The summed E-state index contributed by atoms with van der Waals surface area (Å²) in [5.41, 5.74) is 2.17. The summed E-state index contributed by atoms with van der Waals surface area (Å²) in [7, 11) is 0. The summed E-state index contributed by atoms with van der Waals surface area (Å²) in [5.74, 6) is 0. The minimum atomic E-state index is 0.414. The Hall–Kier alpha value is -0.920. The number of halogens is 1. The molecule has 0 bridgehead atoms. The molecular weight excluding hydrogens is 218 g/mol. The van der Waals surface area contributed by atoms with Crippen LogP contribution in [-0.4, -0.2) is 6.08 Å². The summed E-state index contributed by atoms with van der Waals surface area (Å²) in [4.78, 5) is 13.3. The van der Waals surface area contributed by atoms with Crippen molar-refractivity contribution >= 4 is 22.0 Å². The second kappa shape index (κ2) is 4.19. The maximum absolute atomic E-state index is 9.83. The molecule has 0 amide bonds. The van der Waals surface area contributed by atoms with Gasteiger partial charge in [0.1, 0.15) is 0 Å². The first-order chi connectivity index (χ1) is 5.74. The number of aryl methyl sites for hydroxylation is 1. The third-order valence-corrected chi connectivity index (χ3v) is 2.44. The van der Waals surface area contributed by atoms with Crippen molar-refractivity contribution in [1.29, 1.82) is 0 Å². The van der Waals surface area contributed by atoms with Crippen molar-refractivity contribution in [3.63, 3.8) is 0 Å². The van der Waals surface area contributed by atoms with Gasteiger partial charge in [0.05, 0.1) is 6.54 Å². The third kappa shape index (κ3) is 2.29. The zero-order valence-corrected chi connectivity index (χ0v) is 8.26. The lowest BCUT2D eigenvalue weighted by molar-refractivity contribution is 0.563. The van der Waals surface area contributed by atoms with Gasteiger partial charge in [-0.3, -0.25) is 0 Å². The first kappa shape index (κ1) is 9.17. The van der Waals surface area contributed by atoms with Gasteiger partial charge in [-0.25, -0.2) is 9.79 Å². The van der Waals surface area contributed by atoms with Gasteiger partial charge in [-0.15, -0.1) is 0 Å². The van der Waals surface area contributed by atoms with E-state index in [2.05, 4.69) is 20.9 Å². The first-order valence-corrected chi connectivity index (χ1v) is 4.32. The molecule has 1 aromatic rings. The number of nitrogens with zero attached hydrogens (tertiary/aromatic N) is 1. The predicted molar refractivity (Wildman–Crippen MR) is 50.7 cm³/mol. The van der Waals surface area contributed by atoms with Crippen molar-refractivity contribution in [2.24, 2.45) is 4.99 Å². The topological polar surface area (TPSA) is 29.4 Å². The van der Waals surface area contributed by atoms with Crippen molar-refractivity contribution in [2.45, 2.75) is 13.5 Å². The molecule has 0 unspecified atom stereocenters. The molecule has 62 valence electrons. The molecule has 0 aliphatic carbocycles. The van der Waals surface area contributed by atoms with E-state index in [1.807, 2.05) is 25.1 Å². The van der Waals surface area contributed by atoms with Crippen LogP contribution in [-0.2, 0) is 11.3 Å². The van der Waals surface area contributed by atoms with E-state index >= 15 is 0 Å². The number of carbonyl (C=O) groups excluding carboxylic acids is 1. The van der Waals surface area contributed by atoms with Crippen LogP contribution in [0.3, 0.4) is 0 Å². The Morgan fingerprint density at radius 3 is 2.92 bits per heavy atom. The van der Waals surface area contributed by atoms with Crippen LogP contribution in [0.2, 0.25) is 0 Å². The Labute approximate surface area is 79.5 Å². The fraction of sp³-hybridized carbons (Fsp3) is 0.222. The van der Waals surface area contributed by atoms with E-state index in [9.17, 15) is 4.79 Å². The van der Waals surface area contributed by atoms with Crippen LogP contribution in [0.25, 0.3) is 0 Å². The van der Waals surface area contributed by atoms with Gasteiger partial charge in [0, 0.05) is 4.47 Å². The lowest BCUT2D eigenvalue weighted by Gasteiger charge is -1.99. The average Bonchev–Trinajstić information content (AvgIpc) is 2.07. The lowest BCUT2D eigenvalue weighted by Crippen LogP contribution is -1.83. The van der Waals surface area contributed by atoms with Gasteiger partial charge in [-0.2, -0.15) is 0 Å². The highest BCUT2D eigenvalue weighted by Gasteiger charge is 1.95. The molecule has 0 atom stereocenters. The molecule has 3 heteroatoms. The Morgan fingerprint density at radius 1 is 1.58 bits per heavy atom. The highest BCUT2D eigenvalue weighted by Crippen LogP contribution is 2.17. The second-order valence-corrected chi connectivity index (χ2v) is 3.35. The minimum Gasteiger partial charge on any atom is -0.211 e. The van der Waals surface area contributed by atoms with E-state index in [-0.39, 0.29) is 0 Å². The van der Waals surface area contributed by atoms with Gasteiger partial charge in [-0.1, -0.05) is 28.1 Å². The van der Waals surface area contributed by atoms with Crippen molar-refractivity contribution in [2.75, 3.05) is 0 Å². The number of hydrogen-bond acceptors (Lipinski definition) is 2. The van der Waals surface area contributed by atoms with Gasteiger partial charge in [0.25, 0.3) is 0 Å². The highest BCUT2D eigenvalue weighted by atomic mass is 79.9. The maximum atomic E-state index is 9.83. The zero-order chi connectivity index (χ0) is 8.97. The number of hydrogen-bond donors (Lipinski definition) is 0. The van der Waals surface area contributed by atoms with Gasteiger partial charge in [0.15, 0.2) is 0 Å². The molecule has 0 aliphatic heterocycles. The van der Waals surface area contributed by atoms with E-state index in [0.29, 0.717) is 6.54 Å². The van der Waals surface area contributed by atoms with Gasteiger partial charge in [0.2, 0.25) is 6.08 Å². The molecule has 0 aromatic heterocycles. The second-order valence-electron chi connectivity index (χ2n) is 2.49. The third-order valence-electron chi connectivity index (χ3n) is 1.55. The molecule has 0 radical (unpaired) electrons. The molecular formula is C9H8BrNO. The van der Waals surface area contributed by atoms with Crippen LogP contribution in [0, 0.1) is 6.92 Å². The monoisotopic (exact) mass is 225 g/mol. The van der Waals surface area contributed by atoms with E-state index in [1.165, 1.54) is 6.08 Å². The Kier molecular flexibility index (Phi) is 3.20. The lowest BCUT2D eigenvalue weighted by atomic mass is 10.1. The molecule has 0 saturated carbocycles. The quantitative estimate of drug-likeness (QED) is 0.562. The normalized spacial score (nSPS) is 9.17. The Bertz CT molecular complexity index is 329. The van der Waals surface area contributed by atoms with Crippen molar-refractivity contribution in [3.8, 4) is 0 Å². The predicted octanol–water partition coefficient (Wildman–Crippen LogP) is 2.59. The summed E-state index contributed by atoms with van der Waals surface area (Å²) in [6.45, 7) is 2.41. The van der Waals surface area contributed by atoms with Crippen LogP contribution in [0.1, 0.15) is 11.1 Å². The highest BCUT2D eigenvalue weighted by molar-refractivity contribution is 9.10. The number of rotatable bonds is 2. The number of aliphatic imine (C=N–C) groups is 1. The van der Waals surface area contributed by atoms with E-state index in [1.54, 1.807) is 0 Å². The van der Waals surface area contributed by atoms with Crippen LogP contribution in [0.5, 0.6) is 0 Å². The number of isocyanates is 1. The van der Waals surface area contributed by atoms with Crippen molar-refractivity contribution in [1.82, 2.24) is 0 Å². The van der Waals surface area contributed by atoms with Gasteiger partial charge < -0.3 is 0 Å². The summed E-state index contributed by atoms with van der Waals surface area (Å²) in [6.07, 6.45) is 1.51. The molecule has 1 rings (SSSR count). The Morgan fingerprint density at radius 2 is 2.33 bits per heavy atom. The molecule has 0 saturated heterocycles. The van der Waals surface area contributed by atoms with Gasteiger partial charge >= 0.3 is 0 Å². The maximum Gasteiger partial charge on any atom is 0.235 e. The minimum absolute atomic E-state index is 0.414. The molecule has 0 heterocycles. The molecule has 0 aliphatic rings. The van der Waals surface area contributed by atoms with E-state index in [4.69, 9.17) is 0 Å².